The molecule has 1 N–H and O–H groups in total. The SMILES string of the molecule is COc1ccc([C@]2(O)CSC3=C(C#N)[C@@H](c4cccc(OC)c4OC)CC(=O)N32)cc1. The molecule has 0 bridgehead atoms. The molecule has 160 valence electrons. The van der Waals surface area contributed by atoms with Gasteiger partial charge < -0.3 is 19.3 Å². The molecule has 0 aliphatic carbocycles. The van der Waals surface area contributed by atoms with E-state index in [0.29, 0.717) is 39.0 Å². The smallest absolute Gasteiger partial charge is 0.231 e. The molecule has 1 amide bonds. The van der Waals surface area contributed by atoms with Gasteiger partial charge in [-0.15, -0.1) is 11.8 Å². The molecule has 0 spiro atoms. The zero-order chi connectivity index (χ0) is 22.2. The third-order valence-corrected chi connectivity index (χ3v) is 6.89. The van der Waals surface area contributed by atoms with E-state index in [-0.39, 0.29) is 18.1 Å². The summed E-state index contributed by atoms with van der Waals surface area (Å²) < 4.78 is 16.1. The first-order valence-corrected chi connectivity index (χ1v) is 10.6. The summed E-state index contributed by atoms with van der Waals surface area (Å²) in [5.41, 5.74) is 0.174. The fourth-order valence-electron chi connectivity index (χ4n) is 4.15. The first-order chi connectivity index (χ1) is 15.0. The molecule has 2 aliphatic rings. The van der Waals surface area contributed by atoms with E-state index in [4.69, 9.17) is 14.2 Å². The van der Waals surface area contributed by atoms with Gasteiger partial charge in [-0.1, -0.05) is 24.3 Å². The van der Waals surface area contributed by atoms with E-state index in [9.17, 15) is 15.2 Å². The van der Waals surface area contributed by atoms with E-state index in [0.717, 1.165) is 0 Å². The monoisotopic (exact) mass is 438 g/mol. The summed E-state index contributed by atoms with van der Waals surface area (Å²) in [5.74, 6) is 1.17. The number of carbonyl (C=O) groups is 1. The molecule has 2 aromatic carbocycles. The van der Waals surface area contributed by atoms with Gasteiger partial charge in [-0.25, -0.2) is 0 Å². The number of nitriles is 1. The molecule has 8 heteroatoms. The summed E-state index contributed by atoms with van der Waals surface area (Å²) in [5, 5.41) is 22.0. The van der Waals surface area contributed by atoms with Gasteiger partial charge in [0.25, 0.3) is 0 Å². The molecule has 4 rings (SSSR count). The number of thioether (sulfide) groups is 1. The van der Waals surface area contributed by atoms with Gasteiger partial charge in [-0.3, -0.25) is 9.69 Å². The first kappa shape index (κ1) is 21.1. The Kier molecular flexibility index (Phi) is 5.56. The number of aliphatic hydroxyl groups is 1. The van der Waals surface area contributed by atoms with Crippen molar-refractivity contribution in [1.29, 1.82) is 5.26 Å². The van der Waals surface area contributed by atoms with Crippen molar-refractivity contribution in [3.8, 4) is 23.3 Å². The number of fused-ring (bicyclic) bond motifs is 1. The van der Waals surface area contributed by atoms with Crippen molar-refractivity contribution >= 4 is 17.7 Å². The first-order valence-electron chi connectivity index (χ1n) is 9.66. The predicted molar refractivity (Wildman–Crippen MR) is 116 cm³/mol. The lowest BCUT2D eigenvalue weighted by Crippen LogP contribution is -2.48. The molecule has 1 saturated heterocycles. The molecule has 0 saturated carbocycles. The van der Waals surface area contributed by atoms with Crippen LogP contribution in [0.25, 0.3) is 0 Å². The molecule has 31 heavy (non-hydrogen) atoms. The summed E-state index contributed by atoms with van der Waals surface area (Å²) in [6.45, 7) is 0. The van der Waals surface area contributed by atoms with Crippen LogP contribution in [-0.4, -0.2) is 43.0 Å². The predicted octanol–water partition coefficient (Wildman–Crippen LogP) is 3.36. The zero-order valence-electron chi connectivity index (χ0n) is 17.4. The van der Waals surface area contributed by atoms with Gasteiger partial charge in [0.1, 0.15) is 5.75 Å². The molecule has 1 fully saturated rings. The average molecular weight is 439 g/mol. The van der Waals surface area contributed by atoms with Crippen LogP contribution in [0, 0.1) is 11.3 Å². The number of methoxy groups -OCH3 is 3. The Bertz CT molecular complexity index is 1090. The van der Waals surface area contributed by atoms with Gasteiger partial charge >= 0.3 is 0 Å². The average Bonchev–Trinajstić information content (AvgIpc) is 3.17. The highest BCUT2D eigenvalue weighted by atomic mass is 32.2. The van der Waals surface area contributed by atoms with E-state index >= 15 is 0 Å². The highest BCUT2D eigenvalue weighted by Gasteiger charge is 2.52. The quantitative estimate of drug-likeness (QED) is 0.765. The summed E-state index contributed by atoms with van der Waals surface area (Å²) in [4.78, 5) is 14.7. The minimum atomic E-state index is -1.53. The molecule has 2 aliphatic heterocycles. The topological polar surface area (TPSA) is 92.0 Å². The van der Waals surface area contributed by atoms with Crippen LogP contribution in [0.3, 0.4) is 0 Å². The van der Waals surface area contributed by atoms with Crippen molar-refractivity contribution < 1.29 is 24.1 Å². The maximum Gasteiger partial charge on any atom is 0.231 e. The largest absolute Gasteiger partial charge is 0.497 e. The van der Waals surface area contributed by atoms with Gasteiger partial charge in [0.2, 0.25) is 5.91 Å². The standard InChI is InChI=1S/C23H22N2O5S/c1-28-15-9-7-14(8-10-15)23(27)13-31-22-18(12-24)17(11-20(26)25(22)23)16-5-4-6-19(29-2)21(16)30-3/h4-10,17,27H,11,13H2,1-3H3/t17-,23-/m1/s1. The van der Waals surface area contributed by atoms with Crippen LogP contribution in [0.1, 0.15) is 23.5 Å². The number of hydrogen-bond donors (Lipinski definition) is 1. The van der Waals surface area contributed by atoms with Crippen LogP contribution in [0.5, 0.6) is 17.2 Å². The Morgan fingerprint density at radius 2 is 1.87 bits per heavy atom. The maximum atomic E-state index is 13.3. The van der Waals surface area contributed by atoms with Crippen molar-refractivity contribution in [1.82, 2.24) is 4.90 Å². The van der Waals surface area contributed by atoms with E-state index in [1.165, 1.54) is 23.8 Å². The van der Waals surface area contributed by atoms with Crippen LogP contribution in [0.4, 0.5) is 0 Å². The number of amides is 1. The fraction of sp³-hybridized carbons (Fsp3) is 0.304. The molecule has 2 atom stereocenters. The highest BCUT2D eigenvalue weighted by Crippen LogP contribution is 2.53. The highest BCUT2D eigenvalue weighted by molar-refractivity contribution is 8.03. The third kappa shape index (κ3) is 3.30. The lowest BCUT2D eigenvalue weighted by molar-refractivity contribution is -0.149. The van der Waals surface area contributed by atoms with Gasteiger partial charge in [0, 0.05) is 23.5 Å². The van der Waals surface area contributed by atoms with E-state index in [2.05, 4.69) is 6.07 Å². The van der Waals surface area contributed by atoms with E-state index < -0.39 is 11.6 Å². The Balaban J connectivity index is 1.81. The number of hydrogen-bond acceptors (Lipinski definition) is 7. The van der Waals surface area contributed by atoms with Crippen LogP contribution < -0.4 is 14.2 Å². The number of nitrogens with zero attached hydrogens (tertiary/aromatic N) is 2. The Hall–Kier alpha value is -3.15. The van der Waals surface area contributed by atoms with Gasteiger partial charge in [0.05, 0.1) is 43.8 Å². The van der Waals surface area contributed by atoms with E-state index in [1.807, 2.05) is 12.1 Å². The molecule has 0 radical (unpaired) electrons. The molecule has 7 nitrogen and oxygen atoms in total. The maximum absolute atomic E-state index is 13.3. The van der Waals surface area contributed by atoms with Crippen LogP contribution in [0.15, 0.2) is 53.1 Å². The van der Waals surface area contributed by atoms with E-state index in [1.54, 1.807) is 44.6 Å². The van der Waals surface area contributed by atoms with Crippen LogP contribution in [0.2, 0.25) is 0 Å². The van der Waals surface area contributed by atoms with Crippen LogP contribution in [-0.2, 0) is 10.5 Å². The van der Waals surface area contributed by atoms with Gasteiger partial charge in [0.15, 0.2) is 17.2 Å². The van der Waals surface area contributed by atoms with Crippen LogP contribution >= 0.6 is 11.8 Å². The lowest BCUT2D eigenvalue weighted by Gasteiger charge is -2.38. The minimum absolute atomic E-state index is 0.0367. The summed E-state index contributed by atoms with van der Waals surface area (Å²) in [6.07, 6.45) is 0.0367. The van der Waals surface area contributed by atoms with Crippen molar-refractivity contribution in [2.45, 2.75) is 18.1 Å². The number of ether oxygens (including phenoxy) is 3. The van der Waals surface area contributed by atoms with Crippen molar-refractivity contribution in [3.05, 3.63) is 64.2 Å². The Morgan fingerprint density at radius 3 is 2.48 bits per heavy atom. The molecular weight excluding hydrogens is 416 g/mol. The molecule has 0 unspecified atom stereocenters. The molecule has 0 aromatic heterocycles. The third-order valence-electron chi connectivity index (χ3n) is 5.67. The molecular formula is C23H22N2O5S. The van der Waals surface area contributed by atoms with Crippen molar-refractivity contribution in [2.24, 2.45) is 0 Å². The second-order valence-electron chi connectivity index (χ2n) is 7.23. The van der Waals surface area contributed by atoms with Gasteiger partial charge in [-0.05, 0) is 18.2 Å². The van der Waals surface area contributed by atoms with Crippen molar-refractivity contribution in [2.75, 3.05) is 27.1 Å². The Labute approximate surface area is 184 Å². The van der Waals surface area contributed by atoms with Crippen molar-refractivity contribution in [3.63, 3.8) is 0 Å². The number of para-hydroxylation sites is 1. The van der Waals surface area contributed by atoms with Gasteiger partial charge in [-0.2, -0.15) is 5.26 Å². The number of carbonyl (C=O) groups excluding carboxylic acids is 1. The summed E-state index contributed by atoms with van der Waals surface area (Å²) in [7, 11) is 4.64. The number of benzene rings is 2. The number of rotatable bonds is 5. The number of allylic oxidation sites excluding steroid dienone is 1. The molecule has 2 aromatic rings. The second-order valence-corrected chi connectivity index (χ2v) is 8.20. The lowest BCUT2D eigenvalue weighted by atomic mass is 9.84. The minimum Gasteiger partial charge on any atom is -0.497 e. The summed E-state index contributed by atoms with van der Waals surface area (Å²) >= 11 is 1.31. The fourth-order valence-corrected chi connectivity index (χ4v) is 5.51. The summed E-state index contributed by atoms with van der Waals surface area (Å²) in [6, 6.07) is 14.6. The Morgan fingerprint density at radius 1 is 1.13 bits per heavy atom. The molecule has 2 heterocycles. The zero-order valence-corrected chi connectivity index (χ0v) is 18.2. The second kappa shape index (κ2) is 8.17. The normalized spacial score (nSPS) is 22.7.